The van der Waals surface area contributed by atoms with Crippen molar-refractivity contribution in [3.63, 3.8) is 0 Å². The Morgan fingerprint density at radius 1 is 0.759 bits per heavy atom. The Morgan fingerprint density at radius 3 is 1.38 bits per heavy atom. The lowest BCUT2D eigenvalue weighted by molar-refractivity contribution is -0.143. The molecule has 1 aromatic heterocycles. The van der Waals surface area contributed by atoms with Crippen LogP contribution in [0.5, 0.6) is 0 Å². The van der Waals surface area contributed by atoms with Crippen LogP contribution in [0.3, 0.4) is 0 Å². The quantitative estimate of drug-likeness (QED) is 0.449. The van der Waals surface area contributed by atoms with Crippen molar-refractivity contribution in [1.29, 1.82) is 0 Å². The number of likely N-dealkylation sites (N-methyl/N-ethyl adjacent to an activating group) is 1. The van der Waals surface area contributed by atoms with E-state index in [1.165, 1.54) is 0 Å². The fourth-order valence-corrected chi connectivity index (χ4v) is 2.27. The highest BCUT2D eigenvalue weighted by atomic mass is 16.4. The average Bonchev–Trinajstić information content (AvgIpc) is 2.69. The van der Waals surface area contributed by atoms with Crippen molar-refractivity contribution in [2.45, 2.75) is 40.5 Å². The summed E-state index contributed by atoms with van der Waals surface area (Å²) in [6, 6.07) is 0. The molecule has 0 aliphatic heterocycles. The molecule has 0 atom stereocenters. The van der Waals surface area contributed by atoms with E-state index in [4.69, 9.17) is 15.3 Å². The van der Waals surface area contributed by atoms with Gasteiger partial charge in [-0.25, -0.2) is 0 Å². The maximum absolute atomic E-state index is 9.64. The normalized spacial score (nSPS) is 10.0. The first-order valence-corrected chi connectivity index (χ1v) is 9.75. The number of aliphatic hydroxyl groups is 1. The molecular formula is C18H34N6O5. The van der Waals surface area contributed by atoms with Gasteiger partial charge in [0.2, 0.25) is 17.8 Å². The molecule has 1 aromatic rings. The molecule has 0 aliphatic rings. The number of carboxylic acids is 2. The molecule has 29 heavy (non-hydrogen) atoms. The molecule has 0 spiro atoms. The van der Waals surface area contributed by atoms with Gasteiger partial charge in [0.15, 0.2) is 0 Å². The molecule has 0 bridgehead atoms. The molecule has 166 valence electrons. The SMILES string of the molecule is CCN(CC)c1nc(N(C)CCO)nc(N(CC)CC)n1.O=C(O)CCC(=O)O. The van der Waals surface area contributed by atoms with Crippen LogP contribution in [0.2, 0.25) is 0 Å². The van der Waals surface area contributed by atoms with Gasteiger partial charge in [-0.05, 0) is 27.7 Å². The van der Waals surface area contributed by atoms with Crippen molar-refractivity contribution in [3.8, 4) is 0 Å². The molecule has 0 saturated carbocycles. The number of carbonyl (C=O) groups is 2. The summed E-state index contributed by atoms with van der Waals surface area (Å²) in [4.78, 5) is 39.0. The lowest BCUT2D eigenvalue weighted by Gasteiger charge is -2.25. The summed E-state index contributed by atoms with van der Waals surface area (Å²) in [5.41, 5.74) is 0. The van der Waals surface area contributed by atoms with Crippen LogP contribution >= 0.6 is 0 Å². The fourth-order valence-electron chi connectivity index (χ4n) is 2.27. The third kappa shape index (κ3) is 9.88. The monoisotopic (exact) mass is 414 g/mol. The first-order chi connectivity index (χ1) is 13.7. The van der Waals surface area contributed by atoms with Gasteiger partial charge in [-0.15, -0.1) is 0 Å². The highest BCUT2D eigenvalue weighted by molar-refractivity contribution is 5.75. The number of carboxylic acid groups (broad SMARTS) is 2. The molecule has 3 N–H and O–H groups in total. The van der Waals surface area contributed by atoms with Crippen molar-refractivity contribution in [2.75, 3.05) is 61.1 Å². The zero-order valence-electron chi connectivity index (χ0n) is 18.0. The number of nitrogens with zero attached hydrogens (tertiary/aromatic N) is 6. The predicted molar refractivity (Wildman–Crippen MR) is 112 cm³/mol. The zero-order chi connectivity index (χ0) is 22.4. The number of aromatic nitrogens is 3. The van der Waals surface area contributed by atoms with Gasteiger partial charge in [-0.2, -0.15) is 15.0 Å². The predicted octanol–water partition coefficient (Wildman–Crippen LogP) is 0.928. The maximum Gasteiger partial charge on any atom is 0.303 e. The lowest BCUT2D eigenvalue weighted by Crippen LogP contribution is -2.31. The van der Waals surface area contributed by atoms with Gasteiger partial charge in [0, 0.05) is 39.8 Å². The van der Waals surface area contributed by atoms with Crippen LogP contribution in [-0.4, -0.2) is 88.6 Å². The summed E-state index contributed by atoms with van der Waals surface area (Å²) in [7, 11) is 1.88. The number of hydrogen-bond acceptors (Lipinski definition) is 9. The van der Waals surface area contributed by atoms with Crippen LogP contribution in [-0.2, 0) is 9.59 Å². The molecule has 0 radical (unpaired) electrons. The third-order valence-electron chi connectivity index (χ3n) is 4.02. The van der Waals surface area contributed by atoms with E-state index in [0.29, 0.717) is 24.4 Å². The molecule has 11 nitrogen and oxygen atoms in total. The minimum atomic E-state index is -1.08. The van der Waals surface area contributed by atoms with E-state index in [-0.39, 0.29) is 19.4 Å². The van der Waals surface area contributed by atoms with Gasteiger partial charge >= 0.3 is 11.9 Å². The maximum atomic E-state index is 9.64. The van der Waals surface area contributed by atoms with Crippen LogP contribution in [0.1, 0.15) is 40.5 Å². The third-order valence-corrected chi connectivity index (χ3v) is 4.02. The first kappa shape index (κ1) is 26.3. The second kappa shape index (κ2) is 14.3. The summed E-state index contributed by atoms with van der Waals surface area (Å²) >= 11 is 0. The van der Waals surface area contributed by atoms with E-state index in [1.807, 2.05) is 11.9 Å². The van der Waals surface area contributed by atoms with Crippen LogP contribution in [0, 0.1) is 0 Å². The average molecular weight is 415 g/mol. The van der Waals surface area contributed by atoms with Gasteiger partial charge in [0.25, 0.3) is 0 Å². The Hall–Kier alpha value is -2.69. The van der Waals surface area contributed by atoms with Gasteiger partial charge < -0.3 is 30.0 Å². The Kier molecular flexibility index (Phi) is 13.0. The molecule has 0 saturated heterocycles. The summed E-state index contributed by atoms with van der Waals surface area (Å²) in [6.07, 6.45) is -0.593. The lowest BCUT2D eigenvalue weighted by atomic mass is 10.3. The van der Waals surface area contributed by atoms with Crippen molar-refractivity contribution >= 4 is 29.8 Å². The van der Waals surface area contributed by atoms with E-state index in [9.17, 15) is 9.59 Å². The summed E-state index contributed by atoms with van der Waals surface area (Å²) in [6.45, 7) is 12.3. The molecule has 0 amide bonds. The molecular weight excluding hydrogens is 380 g/mol. The zero-order valence-corrected chi connectivity index (χ0v) is 18.0. The summed E-state index contributed by atoms with van der Waals surface area (Å²) in [5, 5.41) is 24.9. The van der Waals surface area contributed by atoms with Gasteiger partial charge in [-0.1, -0.05) is 0 Å². The Labute approximate surface area is 172 Å². The second-order valence-electron chi connectivity index (χ2n) is 6.01. The van der Waals surface area contributed by atoms with Crippen molar-refractivity contribution < 1.29 is 24.9 Å². The fraction of sp³-hybridized carbons (Fsp3) is 0.722. The minimum absolute atomic E-state index is 0.0728. The molecule has 0 aromatic carbocycles. The molecule has 1 rings (SSSR count). The van der Waals surface area contributed by atoms with Crippen molar-refractivity contribution in [1.82, 2.24) is 15.0 Å². The first-order valence-electron chi connectivity index (χ1n) is 9.75. The van der Waals surface area contributed by atoms with Gasteiger partial charge in [-0.3, -0.25) is 9.59 Å². The van der Waals surface area contributed by atoms with Gasteiger partial charge in [0.05, 0.1) is 19.4 Å². The summed E-state index contributed by atoms with van der Waals surface area (Å²) < 4.78 is 0. The van der Waals surface area contributed by atoms with E-state index >= 15 is 0 Å². The molecule has 0 fully saturated rings. The second-order valence-corrected chi connectivity index (χ2v) is 6.01. The van der Waals surface area contributed by atoms with E-state index < -0.39 is 11.9 Å². The van der Waals surface area contributed by atoms with E-state index in [2.05, 4.69) is 52.4 Å². The van der Waals surface area contributed by atoms with Crippen LogP contribution in [0.4, 0.5) is 17.8 Å². The highest BCUT2D eigenvalue weighted by Crippen LogP contribution is 2.18. The van der Waals surface area contributed by atoms with Gasteiger partial charge in [0.1, 0.15) is 0 Å². The number of rotatable bonds is 12. The molecule has 1 heterocycles. The Bertz CT molecular complexity index is 579. The van der Waals surface area contributed by atoms with Crippen LogP contribution < -0.4 is 14.7 Å². The minimum Gasteiger partial charge on any atom is -0.481 e. The highest BCUT2D eigenvalue weighted by Gasteiger charge is 2.16. The Balaban J connectivity index is 0.000000828. The van der Waals surface area contributed by atoms with Crippen molar-refractivity contribution in [2.24, 2.45) is 0 Å². The van der Waals surface area contributed by atoms with Crippen LogP contribution in [0.25, 0.3) is 0 Å². The number of aliphatic hydroxyl groups excluding tert-OH is 1. The van der Waals surface area contributed by atoms with Crippen molar-refractivity contribution in [3.05, 3.63) is 0 Å². The number of aliphatic carboxylic acids is 2. The molecule has 11 heteroatoms. The summed E-state index contributed by atoms with van der Waals surface area (Å²) in [5.74, 6) is -0.170. The van der Waals surface area contributed by atoms with E-state index in [1.54, 1.807) is 0 Å². The molecule has 0 unspecified atom stereocenters. The Morgan fingerprint density at radius 2 is 1.10 bits per heavy atom. The number of hydrogen-bond donors (Lipinski definition) is 3. The number of anilines is 3. The topological polar surface area (TPSA) is 143 Å². The largest absolute Gasteiger partial charge is 0.481 e. The van der Waals surface area contributed by atoms with E-state index in [0.717, 1.165) is 26.2 Å². The standard InChI is InChI=1S/C14H28N6O.C4H6O4/c1-6-19(7-2)13-15-12(18(5)10-11-21)16-14(17-13)20(8-3)9-4;5-3(6)1-2-4(7)8/h21H,6-11H2,1-5H3;1-2H2,(H,5,6)(H,7,8). The van der Waals surface area contributed by atoms with Crippen LogP contribution in [0.15, 0.2) is 0 Å². The molecule has 0 aliphatic carbocycles. The smallest absolute Gasteiger partial charge is 0.303 e.